The van der Waals surface area contributed by atoms with Crippen molar-refractivity contribution in [3.63, 3.8) is 0 Å². The van der Waals surface area contributed by atoms with Gasteiger partial charge in [-0.05, 0) is 11.6 Å². The zero-order valence-electron chi connectivity index (χ0n) is 8.58. The highest BCUT2D eigenvalue weighted by atomic mass is 16.1. The topological polar surface area (TPSA) is 42.9 Å². The van der Waals surface area contributed by atoms with Crippen molar-refractivity contribution in [1.29, 1.82) is 0 Å². The van der Waals surface area contributed by atoms with Gasteiger partial charge in [-0.3, -0.25) is 14.8 Å². The number of rotatable bonds is 3. The minimum atomic E-state index is 0.695. The highest BCUT2D eigenvalue weighted by Crippen LogP contribution is 2.19. The first-order valence-electron chi connectivity index (χ1n) is 4.89. The smallest absolute Gasteiger partial charge is 0.143 e. The Kier molecular flexibility index (Phi) is 3.18. The van der Waals surface area contributed by atoms with E-state index in [1.807, 2.05) is 30.3 Å². The zero-order valence-corrected chi connectivity index (χ0v) is 8.58. The van der Waals surface area contributed by atoms with Crippen LogP contribution in [0.4, 0.5) is 0 Å². The maximum absolute atomic E-state index is 10.6. The van der Waals surface area contributed by atoms with Crippen LogP contribution in [0, 0.1) is 0 Å². The second-order valence-electron chi connectivity index (χ2n) is 3.17. The molecular weight excluding hydrogens is 200 g/mol. The van der Waals surface area contributed by atoms with E-state index in [1.54, 1.807) is 18.6 Å². The number of carbonyl (C=O) groups is 1. The van der Waals surface area contributed by atoms with E-state index in [0.29, 0.717) is 5.69 Å². The molecule has 0 unspecified atom stereocenters. The van der Waals surface area contributed by atoms with E-state index in [1.165, 1.54) is 6.08 Å². The number of nitrogens with zero attached hydrogens (tertiary/aromatic N) is 2. The van der Waals surface area contributed by atoms with E-state index in [9.17, 15) is 4.79 Å². The predicted octanol–water partition coefficient (Wildman–Crippen LogP) is 2.11. The fourth-order valence-electron chi connectivity index (χ4n) is 1.45. The third-order valence-electron chi connectivity index (χ3n) is 2.16. The lowest BCUT2D eigenvalue weighted by atomic mass is 10.0. The van der Waals surface area contributed by atoms with Gasteiger partial charge >= 0.3 is 0 Å². The van der Waals surface area contributed by atoms with Crippen LogP contribution in [-0.4, -0.2) is 16.3 Å². The first-order chi connectivity index (χ1) is 7.92. The molecule has 0 aliphatic heterocycles. The van der Waals surface area contributed by atoms with E-state index in [0.717, 1.165) is 17.4 Å². The first-order valence-corrected chi connectivity index (χ1v) is 4.89. The number of allylic oxidation sites excluding steroid dienone is 1. The highest BCUT2D eigenvalue weighted by Gasteiger charge is 2.04. The average Bonchev–Trinajstić information content (AvgIpc) is 2.38. The Labute approximate surface area is 93.5 Å². The summed E-state index contributed by atoms with van der Waals surface area (Å²) in [4.78, 5) is 18.8. The molecule has 78 valence electrons. The quantitative estimate of drug-likeness (QED) is 0.575. The lowest BCUT2D eigenvalue weighted by Crippen LogP contribution is -1.92. The summed E-state index contributed by atoms with van der Waals surface area (Å²) in [7, 11) is 0. The molecule has 0 saturated heterocycles. The van der Waals surface area contributed by atoms with Crippen LogP contribution in [0.15, 0.2) is 55.0 Å². The Bertz CT molecular complexity index is 450. The molecule has 0 bridgehead atoms. The van der Waals surface area contributed by atoms with Gasteiger partial charge in [-0.15, -0.1) is 0 Å². The maximum atomic E-state index is 10.6. The minimum absolute atomic E-state index is 0.695. The van der Waals surface area contributed by atoms with Gasteiger partial charge in [0.15, 0.2) is 0 Å². The maximum Gasteiger partial charge on any atom is 0.143 e. The van der Waals surface area contributed by atoms with Gasteiger partial charge in [0, 0.05) is 18.0 Å². The monoisotopic (exact) mass is 210 g/mol. The van der Waals surface area contributed by atoms with Gasteiger partial charge in [-0.25, -0.2) is 0 Å². The molecule has 2 aromatic rings. The summed E-state index contributed by atoms with van der Waals surface area (Å²) in [5, 5.41) is 0. The van der Waals surface area contributed by atoms with Gasteiger partial charge in [-0.2, -0.15) is 0 Å². The molecule has 0 N–H and O–H groups in total. The van der Waals surface area contributed by atoms with E-state index >= 15 is 0 Å². The third-order valence-corrected chi connectivity index (χ3v) is 2.16. The molecule has 0 saturated carbocycles. The number of benzene rings is 1. The normalized spacial score (nSPS) is 11.1. The fourth-order valence-corrected chi connectivity index (χ4v) is 1.45. The Morgan fingerprint density at radius 3 is 2.56 bits per heavy atom. The van der Waals surface area contributed by atoms with Crippen LogP contribution in [0.25, 0.3) is 5.57 Å². The molecule has 2 rings (SSSR count). The van der Waals surface area contributed by atoms with Crippen molar-refractivity contribution in [2.75, 3.05) is 0 Å². The molecule has 0 aliphatic rings. The van der Waals surface area contributed by atoms with E-state index in [-0.39, 0.29) is 0 Å². The van der Waals surface area contributed by atoms with Crippen LogP contribution in [0.3, 0.4) is 0 Å². The highest BCUT2D eigenvalue weighted by molar-refractivity contribution is 5.88. The predicted molar refractivity (Wildman–Crippen MR) is 61.6 cm³/mol. The van der Waals surface area contributed by atoms with Gasteiger partial charge in [-0.1, -0.05) is 30.3 Å². The summed E-state index contributed by atoms with van der Waals surface area (Å²) >= 11 is 0. The van der Waals surface area contributed by atoms with Crippen LogP contribution >= 0.6 is 0 Å². The minimum Gasteiger partial charge on any atom is -0.299 e. The summed E-state index contributed by atoms with van der Waals surface area (Å²) in [6.45, 7) is 0. The molecule has 1 aromatic heterocycles. The summed E-state index contributed by atoms with van der Waals surface area (Å²) < 4.78 is 0. The molecule has 0 amide bonds. The van der Waals surface area contributed by atoms with Gasteiger partial charge in [0.2, 0.25) is 0 Å². The molecule has 0 fully saturated rings. The van der Waals surface area contributed by atoms with Crippen molar-refractivity contribution >= 4 is 11.9 Å². The first kappa shape index (κ1) is 10.2. The van der Waals surface area contributed by atoms with Crippen LogP contribution in [0.1, 0.15) is 11.3 Å². The molecule has 0 spiro atoms. The van der Waals surface area contributed by atoms with Gasteiger partial charge < -0.3 is 0 Å². The SMILES string of the molecule is O=C/C=C(/c1ccccc1)c1cnccn1. The average molecular weight is 210 g/mol. The van der Waals surface area contributed by atoms with Gasteiger partial charge in [0.1, 0.15) is 6.29 Å². The number of hydrogen-bond donors (Lipinski definition) is 0. The summed E-state index contributed by atoms with van der Waals surface area (Å²) in [6, 6.07) is 9.64. The van der Waals surface area contributed by atoms with Crippen LogP contribution in [0.2, 0.25) is 0 Å². The number of aromatic nitrogens is 2. The van der Waals surface area contributed by atoms with E-state index in [4.69, 9.17) is 0 Å². The zero-order chi connectivity index (χ0) is 11.2. The molecular formula is C13H10N2O. The summed E-state index contributed by atoms with van der Waals surface area (Å²) in [6.07, 6.45) is 7.11. The van der Waals surface area contributed by atoms with Crippen LogP contribution < -0.4 is 0 Å². The Morgan fingerprint density at radius 1 is 1.12 bits per heavy atom. The summed E-state index contributed by atoms with van der Waals surface area (Å²) in [5.41, 5.74) is 2.43. The van der Waals surface area contributed by atoms with Crippen molar-refractivity contribution in [3.8, 4) is 0 Å². The fraction of sp³-hybridized carbons (Fsp3) is 0. The molecule has 3 nitrogen and oxygen atoms in total. The molecule has 1 heterocycles. The number of aldehydes is 1. The van der Waals surface area contributed by atoms with Crippen LogP contribution in [-0.2, 0) is 4.79 Å². The standard InChI is InChI=1S/C13H10N2O/c16-9-6-12(11-4-2-1-3-5-11)13-10-14-7-8-15-13/h1-10H/b12-6-. The molecule has 3 heteroatoms. The van der Waals surface area contributed by atoms with Crippen molar-refractivity contribution < 1.29 is 4.79 Å². The van der Waals surface area contributed by atoms with Gasteiger partial charge in [0.25, 0.3) is 0 Å². The molecule has 0 radical (unpaired) electrons. The molecule has 0 aliphatic carbocycles. The second-order valence-corrected chi connectivity index (χ2v) is 3.17. The number of hydrogen-bond acceptors (Lipinski definition) is 3. The Hall–Kier alpha value is -2.29. The van der Waals surface area contributed by atoms with E-state index < -0.39 is 0 Å². The Balaban J connectivity index is 2.48. The van der Waals surface area contributed by atoms with E-state index in [2.05, 4.69) is 9.97 Å². The third kappa shape index (κ3) is 2.20. The van der Waals surface area contributed by atoms with Crippen molar-refractivity contribution in [1.82, 2.24) is 9.97 Å². The van der Waals surface area contributed by atoms with Crippen molar-refractivity contribution in [3.05, 3.63) is 66.3 Å². The molecule has 1 aromatic carbocycles. The molecule has 16 heavy (non-hydrogen) atoms. The molecule has 0 atom stereocenters. The van der Waals surface area contributed by atoms with Crippen LogP contribution in [0.5, 0.6) is 0 Å². The van der Waals surface area contributed by atoms with Gasteiger partial charge in [0.05, 0.1) is 11.9 Å². The van der Waals surface area contributed by atoms with Crippen molar-refractivity contribution in [2.24, 2.45) is 0 Å². The Morgan fingerprint density at radius 2 is 1.94 bits per heavy atom. The van der Waals surface area contributed by atoms with Crippen molar-refractivity contribution in [2.45, 2.75) is 0 Å². The lowest BCUT2D eigenvalue weighted by Gasteiger charge is -2.04. The second kappa shape index (κ2) is 4.98. The number of carbonyl (C=O) groups excluding carboxylic acids is 1. The summed E-state index contributed by atoms with van der Waals surface area (Å²) in [5.74, 6) is 0. The largest absolute Gasteiger partial charge is 0.299 e. The lowest BCUT2D eigenvalue weighted by molar-refractivity contribution is -0.104.